The third-order valence-electron chi connectivity index (χ3n) is 3.39. The SMILES string of the molecule is CCOc1ccc(Br)cc1/C=C/C(=O)NC1CCCC1. The van der Waals surface area contributed by atoms with Crippen molar-refractivity contribution in [2.45, 2.75) is 38.6 Å². The number of ether oxygens (including phenoxy) is 1. The Morgan fingerprint density at radius 3 is 2.90 bits per heavy atom. The van der Waals surface area contributed by atoms with E-state index in [1.807, 2.05) is 25.1 Å². The number of carbonyl (C=O) groups excluding carboxylic acids is 1. The summed E-state index contributed by atoms with van der Waals surface area (Å²) in [4.78, 5) is 11.9. The molecular formula is C16H20BrNO2. The number of halogens is 1. The standard InChI is InChI=1S/C16H20BrNO2/c1-2-20-15-9-8-13(17)11-12(15)7-10-16(19)18-14-5-3-4-6-14/h7-11,14H,2-6H2,1H3,(H,18,19)/b10-7+. The summed E-state index contributed by atoms with van der Waals surface area (Å²) >= 11 is 3.44. The third kappa shape index (κ3) is 4.37. The van der Waals surface area contributed by atoms with Gasteiger partial charge in [0.15, 0.2) is 0 Å². The first kappa shape index (κ1) is 15.1. The van der Waals surface area contributed by atoms with Crippen LogP contribution < -0.4 is 10.1 Å². The van der Waals surface area contributed by atoms with Crippen LogP contribution in [-0.4, -0.2) is 18.6 Å². The number of rotatable bonds is 5. The normalized spacial score (nSPS) is 15.7. The largest absolute Gasteiger partial charge is 0.493 e. The van der Waals surface area contributed by atoms with Gasteiger partial charge in [-0.2, -0.15) is 0 Å². The Morgan fingerprint density at radius 1 is 1.45 bits per heavy atom. The minimum absolute atomic E-state index is 0.0284. The van der Waals surface area contributed by atoms with Crippen LogP contribution >= 0.6 is 15.9 Å². The lowest BCUT2D eigenvalue weighted by molar-refractivity contribution is -0.117. The van der Waals surface area contributed by atoms with E-state index in [2.05, 4.69) is 21.2 Å². The average molecular weight is 338 g/mol. The van der Waals surface area contributed by atoms with E-state index in [1.165, 1.54) is 12.8 Å². The van der Waals surface area contributed by atoms with Crippen molar-refractivity contribution in [3.8, 4) is 5.75 Å². The van der Waals surface area contributed by atoms with Crippen LogP contribution in [0.5, 0.6) is 5.75 Å². The predicted octanol–water partition coefficient (Wildman–Crippen LogP) is 3.92. The Bertz CT molecular complexity index is 493. The fraction of sp³-hybridized carbons (Fsp3) is 0.438. The molecule has 3 nitrogen and oxygen atoms in total. The zero-order valence-electron chi connectivity index (χ0n) is 11.7. The number of hydrogen-bond acceptors (Lipinski definition) is 2. The summed E-state index contributed by atoms with van der Waals surface area (Å²) in [6, 6.07) is 6.13. The van der Waals surface area contributed by atoms with Crippen LogP contribution in [-0.2, 0) is 4.79 Å². The van der Waals surface area contributed by atoms with E-state index >= 15 is 0 Å². The molecule has 0 spiro atoms. The maximum absolute atomic E-state index is 11.9. The molecule has 1 aromatic rings. The quantitative estimate of drug-likeness (QED) is 0.827. The highest BCUT2D eigenvalue weighted by Crippen LogP contribution is 2.24. The highest BCUT2D eigenvalue weighted by atomic mass is 79.9. The summed E-state index contributed by atoms with van der Waals surface area (Å²) in [5.41, 5.74) is 0.905. The van der Waals surface area contributed by atoms with E-state index < -0.39 is 0 Å². The first-order chi connectivity index (χ1) is 9.69. The van der Waals surface area contributed by atoms with Crippen molar-refractivity contribution in [3.63, 3.8) is 0 Å². The Morgan fingerprint density at radius 2 is 2.20 bits per heavy atom. The van der Waals surface area contributed by atoms with Crippen molar-refractivity contribution in [2.75, 3.05) is 6.61 Å². The maximum Gasteiger partial charge on any atom is 0.244 e. The lowest BCUT2D eigenvalue weighted by Crippen LogP contribution is -2.30. The molecule has 1 aromatic carbocycles. The molecule has 1 amide bonds. The van der Waals surface area contributed by atoms with E-state index in [4.69, 9.17) is 4.74 Å². The van der Waals surface area contributed by atoms with Gasteiger partial charge in [-0.1, -0.05) is 28.8 Å². The van der Waals surface area contributed by atoms with Crippen molar-refractivity contribution in [1.29, 1.82) is 0 Å². The van der Waals surface area contributed by atoms with Crippen LogP contribution in [0.3, 0.4) is 0 Å². The fourth-order valence-corrected chi connectivity index (χ4v) is 2.80. The van der Waals surface area contributed by atoms with Gasteiger partial charge < -0.3 is 10.1 Å². The number of hydrogen-bond donors (Lipinski definition) is 1. The van der Waals surface area contributed by atoms with Crippen LogP contribution in [0.4, 0.5) is 0 Å². The van der Waals surface area contributed by atoms with Gasteiger partial charge in [0.05, 0.1) is 6.61 Å². The minimum Gasteiger partial charge on any atom is -0.493 e. The molecule has 20 heavy (non-hydrogen) atoms. The van der Waals surface area contributed by atoms with Gasteiger partial charge in [-0.05, 0) is 44.0 Å². The molecule has 1 fully saturated rings. The molecule has 0 atom stereocenters. The third-order valence-corrected chi connectivity index (χ3v) is 3.88. The molecule has 0 unspecified atom stereocenters. The summed E-state index contributed by atoms with van der Waals surface area (Å²) in [7, 11) is 0. The zero-order chi connectivity index (χ0) is 14.4. The van der Waals surface area contributed by atoms with E-state index in [9.17, 15) is 4.79 Å². The van der Waals surface area contributed by atoms with E-state index in [-0.39, 0.29) is 5.91 Å². The monoisotopic (exact) mass is 337 g/mol. The number of amides is 1. The van der Waals surface area contributed by atoms with E-state index in [0.717, 1.165) is 28.6 Å². The first-order valence-electron chi connectivity index (χ1n) is 7.10. The molecular weight excluding hydrogens is 318 g/mol. The summed E-state index contributed by atoms with van der Waals surface area (Å²) in [6.45, 7) is 2.55. The molecule has 1 aliphatic carbocycles. The van der Waals surface area contributed by atoms with Crippen LogP contribution in [0.25, 0.3) is 6.08 Å². The van der Waals surface area contributed by atoms with Gasteiger partial charge in [0.2, 0.25) is 5.91 Å². The highest BCUT2D eigenvalue weighted by molar-refractivity contribution is 9.10. The Hall–Kier alpha value is -1.29. The summed E-state index contributed by atoms with van der Waals surface area (Å²) in [5, 5.41) is 3.04. The maximum atomic E-state index is 11.9. The van der Waals surface area contributed by atoms with Crippen LogP contribution in [0.15, 0.2) is 28.7 Å². The number of nitrogens with one attached hydrogen (secondary N) is 1. The highest BCUT2D eigenvalue weighted by Gasteiger charge is 2.15. The number of benzene rings is 1. The molecule has 0 radical (unpaired) electrons. The molecule has 4 heteroatoms. The molecule has 0 aliphatic heterocycles. The Labute approximate surface area is 128 Å². The van der Waals surface area contributed by atoms with Crippen molar-refractivity contribution in [1.82, 2.24) is 5.32 Å². The molecule has 0 aromatic heterocycles. The minimum atomic E-state index is -0.0284. The number of carbonyl (C=O) groups is 1. The second kappa shape index (κ2) is 7.48. The molecule has 0 bridgehead atoms. The molecule has 2 rings (SSSR count). The van der Waals surface area contributed by atoms with Gasteiger partial charge in [-0.15, -0.1) is 0 Å². The first-order valence-corrected chi connectivity index (χ1v) is 7.89. The predicted molar refractivity (Wildman–Crippen MR) is 84.7 cm³/mol. The summed E-state index contributed by atoms with van der Waals surface area (Å²) < 4.78 is 6.52. The van der Waals surface area contributed by atoms with Crippen LogP contribution in [0.1, 0.15) is 38.2 Å². The second-order valence-corrected chi connectivity index (χ2v) is 5.85. The Balaban J connectivity index is 2.01. The molecule has 1 N–H and O–H groups in total. The summed E-state index contributed by atoms with van der Waals surface area (Å²) in [6.07, 6.45) is 8.02. The molecule has 0 heterocycles. The smallest absolute Gasteiger partial charge is 0.244 e. The van der Waals surface area contributed by atoms with Crippen LogP contribution in [0.2, 0.25) is 0 Å². The summed E-state index contributed by atoms with van der Waals surface area (Å²) in [5.74, 6) is 0.764. The molecule has 0 saturated heterocycles. The topological polar surface area (TPSA) is 38.3 Å². The van der Waals surface area contributed by atoms with Crippen LogP contribution in [0, 0.1) is 0 Å². The van der Waals surface area contributed by atoms with Gasteiger partial charge in [0.1, 0.15) is 5.75 Å². The van der Waals surface area contributed by atoms with Crippen molar-refractivity contribution < 1.29 is 9.53 Å². The average Bonchev–Trinajstić information content (AvgIpc) is 2.92. The van der Waals surface area contributed by atoms with Gasteiger partial charge in [-0.25, -0.2) is 0 Å². The zero-order valence-corrected chi connectivity index (χ0v) is 13.3. The molecule has 1 aliphatic rings. The van der Waals surface area contributed by atoms with Crippen molar-refractivity contribution >= 4 is 27.9 Å². The molecule has 1 saturated carbocycles. The van der Waals surface area contributed by atoms with Crippen molar-refractivity contribution in [2.24, 2.45) is 0 Å². The van der Waals surface area contributed by atoms with E-state index in [1.54, 1.807) is 12.2 Å². The van der Waals surface area contributed by atoms with Crippen molar-refractivity contribution in [3.05, 3.63) is 34.3 Å². The molecule has 108 valence electrons. The van der Waals surface area contributed by atoms with Gasteiger partial charge in [-0.3, -0.25) is 4.79 Å². The fourth-order valence-electron chi connectivity index (χ4n) is 2.42. The van der Waals surface area contributed by atoms with Gasteiger partial charge >= 0.3 is 0 Å². The van der Waals surface area contributed by atoms with Gasteiger partial charge in [0.25, 0.3) is 0 Å². The van der Waals surface area contributed by atoms with Gasteiger partial charge in [0, 0.05) is 22.2 Å². The van der Waals surface area contributed by atoms with E-state index in [0.29, 0.717) is 12.6 Å². The second-order valence-electron chi connectivity index (χ2n) is 4.94. The lowest BCUT2D eigenvalue weighted by Gasteiger charge is -2.10. The Kier molecular flexibility index (Phi) is 5.65. The lowest BCUT2D eigenvalue weighted by atomic mass is 10.2.